The third-order valence-electron chi connectivity index (χ3n) is 2.38. The van der Waals surface area contributed by atoms with Gasteiger partial charge in [0.25, 0.3) is 5.91 Å². The largest absolute Gasteiger partial charge is 0.349 e. The minimum Gasteiger partial charge on any atom is -0.349 e. The highest BCUT2D eigenvalue weighted by molar-refractivity contribution is 7.99. The number of hydrogen-bond donors (Lipinski definition) is 2. The first-order chi connectivity index (χ1) is 7.25. The molecule has 2 heterocycles. The van der Waals surface area contributed by atoms with Gasteiger partial charge in [-0.1, -0.05) is 0 Å². The molecule has 1 unspecified atom stereocenters. The summed E-state index contributed by atoms with van der Waals surface area (Å²) in [7, 11) is 0. The minimum absolute atomic E-state index is 0.184. The molecule has 82 valence electrons. The van der Waals surface area contributed by atoms with Gasteiger partial charge in [-0.05, 0) is 30.8 Å². The van der Waals surface area contributed by atoms with E-state index in [0.717, 1.165) is 12.3 Å². The van der Waals surface area contributed by atoms with E-state index in [1.54, 1.807) is 6.92 Å². The van der Waals surface area contributed by atoms with Gasteiger partial charge in [-0.2, -0.15) is 11.8 Å². The standard InChI is InChI=1S/C9H14N4OS/c1-6-11-8(13-12-6)9(14)10-4-7-2-3-15-5-7/h7H,2-5H2,1H3,(H,10,14)(H,11,12,13). The van der Waals surface area contributed by atoms with E-state index in [4.69, 9.17) is 0 Å². The van der Waals surface area contributed by atoms with Crippen LogP contribution in [0.3, 0.4) is 0 Å². The monoisotopic (exact) mass is 226 g/mol. The van der Waals surface area contributed by atoms with E-state index in [9.17, 15) is 4.79 Å². The van der Waals surface area contributed by atoms with Crippen molar-refractivity contribution in [2.45, 2.75) is 13.3 Å². The van der Waals surface area contributed by atoms with Gasteiger partial charge in [-0.15, -0.1) is 5.10 Å². The fraction of sp³-hybridized carbons (Fsp3) is 0.667. The molecule has 0 bridgehead atoms. The second kappa shape index (κ2) is 4.65. The Morgan fingerprint density at radius 2 is 2.60 bits per heavy atom. The molecule has 6 heteroatoms. The second-order valence-electron chi connectivity index (χ2n) is 3.68. The number of hydrogen-bond acceptors (Lipinski definition) is 4. The van der Waals surface area contributed by atoms with Crippen LogP contribution in [0.1, 0.15) is 22.9 Å². The van der Waals surface area contributed by atoms with Crippen LogP contribution in [0, 0.1) is 12.8 Å². The van der Waals surface area contributed by atoms with E-state index in [1.807, 2.05) is 11.8 Å². The Labute approximate surface area is 92.4 Å². The van der Waals surface area contributed by atoms with Crippen molar-refractivity contribution >= 4 is 17.7 Å². The maximum Gasteiger partial charge on any atom is 0.290 e. The van der Waals surface area contributed by atoms with Crippen LogP contribution in [0.4, 0.5) is 0 Å². The predicted octanol–water partition coefficient (Wildman–Crippen LogP) is 0.596. The number of carbonyl (C=O) groups excluding carboxylic acids is 1. The quantitative estimate of drug-likeness (QED) is 0.791. The molecule has 0 aliphatic carbocycles. The van der Waals surface area contributed by atoms with Gasteiger partial charge >= 0.3 is 0 Å². The van der Waals surface area contributed by atoms with Crippen molar-refractivity contribution in [3.8, 4) is 0 Å². The first-order valence-electron chi connectivity index (χ1n) is 5.00. The Hall–Kier alpha value is -1.04. The SMILES string of the molecule is Cc1nc(C(=O)NCC2CCSC2)n[nH]1. The topological polar surface area (TPSA) is 70.7 Å². The van der Waals surface area contributed by atoms with Gasteiger partial charge in [0.1, 0.15) is 5.82 Å². The van der Waals surface area contributed by atoms with Gasteiger partial charge in [0.15, 0.2) is 0 Å². The zero-order valence-electron chi connectivity index (χ0n) is 8.62. The molecular formula is C9H14N4OS. The molecule has 0 spiro atoms. The first-order valence-corrected chi connectivity index (χ1v) is 6.16. The van der Waals surface area contributed by atoms with Crippen molar-refractivity contribution in [3.05, 3.63) is 11.6 Å². The van der Waals surface area contributed by atoms with Crippen LogP contribution in [0.2, 0.25) is 0 Å². The smallest absolute Gasteiger partial charge is 0.290 e. The zero-order chi connectivity index (χ0) is 10.7. The molecule has 1 saturated heterocycles. The van der Waals surface area contributed by atoms with E-state index < -0.39 is 0 Å². The summed E-state index contributed by atoms with van der Waals surface area (Å²) in [6, 6.07) is 0. The van der Waals surface area contributed by atoms with Crippen molar-refractivity contribution in [2.75, 3.05) is 18.1 Å². The molecular weight excluding hydrogens is 212 g/mol. The lowest BCUT2D eigenvalue weighted by Crippen LogP contribution is -2.30. The number of aryl methyl sites for hydroxylation is 1. The number of aromatic amines is 1. The van der Waals surface area contributed by atoms with Gasteiger partial charge in [0, 0.05) is 6.54 Å². The number of nitrogens with zero attached hydrogens (tertiary/aromatic N) is 2. The highest BCUT2D eigenvalue weighted by Gasteiger charge is 2.17. The lowest BCUT2D eigenvalue weighted by Gasteiger charge is -2.07. The molecule has 1 fully saturated rings. The van der Waals surface area contributed by atoms with E-state index >= 15 is 0 Å². The van der Waals surface area contributed by atoms with Crippen molar-refractivity contribution < 1.29 is 4.79 Å². The molecule has 1 aromatic rings. The van der Waals surface area contributed by atoms with Crippen LogP contribution in [-0.2, 0) is 0 Å². The highest BCUT2D eigenvalue weighted by atomic mass is 32.2. The molecule has 1 atom stereocenters. The first kappa shape index (κ1) is 10.5. The van der Waals surface area contributed by atoms with Crippen LogP contribution >= 0.6 is 11.8 Å². The molecule has 0 radical (unpaired) electrons. The summed E-state index contributed by atoms with van der Waals surface area (Å²) in [5, 5.41) is 9.32. The number of thioether (sulfide) groups is 1. The average Bonchev–Trinajstić information content (AvgIpc) is 2.84. The van der Waals surface area contributed by atoms with E-state index in [1.165, 1.54) is 12.2 Å². The highest BCUT2D eigenvalue weighted by Crippen LogP contribution is 2.22. The van der Waals surface area contributed by atoms with E-state index in [2.05, 4.69) is 20.5 Å². The molecule has 1 aromatic heterocycles. The Kier molecular flexibility index (Phi) is 3.25. The van der Waals surface area contributed by atoms with Crippen molar-refractivity contribution in [3.63, 3.8) is 0 Å². The van der Waals surface area contributed by atoms with Crippen LogP contribution in [0.5, 0.6) is 0 Å². The maximum atomic E-state index is 11.6. The minimum atomic E-state index is -0.184. The lowest BCUT2D eigenvalue weighted by atomic mass is 10.1. The fourth-order valence-electron chi connectivity index (χ4n) is 1.50. The normalized spacial score (nSPS) is 20.5. The molecule has 0 saturated carbocycles. The summed E-state index contributed by atoms with van der Waals surface area (Å²) in [6.45, 7) is 2.51. The summed E-state index contributed by atoms with van der Waals surface area (Å²) < 4.78 is 0. The Balaban J connectivity index is 1.81. The molecule has 2 rings (SSSR count). The Morgan fingerprint density at radius 1 is 1.73 bits per heavy atom. The number of amides is 1. The summed E-state index contributed by atoms with van der Waals surface area (Å²) in [6.07, 6.45) is 1.19. The molecule has 1 aliphatic rings. The van der Waals surface area contributed by atoms with Crippen LogP contribution in [0.15, 0.2) is 0 Å². The number of carbonyl (C=O) groups is 1. The molecule has 2 N–H and O–H groups in total. The van der Waals surface area contributed by atoms with Crippen molar-refractivity contribution in [1.29, 1.82) is 0 Å². The third kappa shape index (κ3) is 2.71. The number of aromatic nitrogens is 3. The maximum absolute atomic E-state index is 11.6. The van der Waals surface area contributed by atoms with Gasteiger partial charge in [0.2, 0.25) is 5.82 Å². The fourth-order valence-corrected chi connectivity index (χ4v) is 2.79. The van der Waals surface area contributed by atoms with Gasteiger partial charge in [-0.3, -0.25) is 9.89 Å². The lowest BCUT2D eigenvalue weighted by molar-refractivity contribution is 0.0938. The van der Waals surface area contributed by atoms with Crippen LogP contribution in [0.25, 0.3) is 0 Å². The van der Waals surface area contributed by atoms with Crippen molar-refractivity contribution in [2.24, 2.45) is 5.92 Å². The summed E-state index contributed by atoms with van der Waals surface area (Å²) in [5.74, 6) is 3.68. The second-order valence-corrected chi connectivity index (χ2v) is 4.83. The van der Waals surface area contributed by atoms with Gasteiger partial charge in [-0.25, -0.2) is 4.98 Å². The average molecular weight is 226 g/mol. The van der Waals surface area contributed by atoms with E-state index in [0.29, 0.717) is 11.7 Å². The van der Waals surface area contributed by atoms with Crippen LogP contribution in [-0.4, -0.2) is 39.1 Å². The Morgan fingerprint density at radius 3 is 3.20 bits per heavy atom. The summed E-state index contributed by atoms with van der Waals surface area (Å²) in [5.41, 5.74) is 0. The van der Waals surface area contributed by atoms with E-state index in [-0.39, 0.29) is 11.7 Å². The summed E-state index contributed by atoms with van der Waals surface area (Å²) in [4.78, 5) is 15.5. The Bertz CT molecular complexity index is 346. The van der Waals surface area contributed by atoms with Gasteiger partial charge in [0.05, 0.1) is 0 Å². The molecule has 0 aromatic carbocycles. The summed E-state index contributed by atoms with van der Waals surface area (Å²) >= 11 is 1.95. The molecule has 5 nitrogen and oxygen atoms in total. The zero-order valence-corrected chi connectivity index (χ0v) is 9.43. The number of nitrogens with one attached hydrogen (secondary N) is 2. The van der Waals surface area contributed by atoms with Crippen LogP contribution < -0.4 is 5.32 Å². The van der Waals surface area contributed by atoms with Gasteiger partial charge < -0.3 is 5.32 Å². The molecule has 15 heavy (non-hydrogen) atoms. The number of rotatable bonds is 3. The molecule has 1 amide bonds. The molecule has 1 aliphatic heterocycles. The number of H-pyrrole nitrogens is 1. The third-order valence-corrected chi connectivity index (χ3v) is 3.61. The van der Waals surface area contributed by atoms with Crippen molar-refractivity contribution in [1.82, 2.24) is 20.5 Å². The predicted molar refractivity (Wildman–Crippen MR) is 58.9 cm³/mol.